The number of rotatable bonds is 5. The Morgan fingerprint density at radius 1 is 1.40 bits per heavy atom. The van der Waals surface area contributed by atoms with Gasteiger partial charge in [0.2, 0.25) is 0 Å². The first-order chi connectivity index (χ1) is 9.54. The molecule has 5 heteroatoms. The van der Waals surface area contributed by atoms with Crippen LogP contribution < -0.4 is 0 Å². The number of carbonyl (C=O) groups excluding carboxylic acids is 1. The second-order valence-corrected chi connectivity index (χ2v) is 6.18. The number of aliphatic hydroxyl groups is 1. The molecule has 2 aliphatic rings. The summed E-state index contributed by atoms with van der Waals surface area (Å²) in [7, 11) is 2.05. The fourth-order valence-electron chi connectivity index (χ4n) is 3.27. The van der Waals surface area contributed by atoms with Gasteiger partial charge in [-0.3, -0.25) is 9.69 Å². The average molecular weight is 285 g/mol. The molecule has 5 nitrogen and oxygen atoms in total. The van der Waals surface area contributed by atoms with Gasteiger partial charge in [0.1, 0.15) is 0 Å². The summed E-state index contributed by atoms with van der Waals surface area (Å²) in [6.07, 6.45) is 3.84. The van der Waals surface area contributed by atoms with Crippen molar-refractivity contribution >= 4 is 5.97 Å². The fraction of sp³-hybridized carbons (Fsp3) is 0.933. The molecule has 0 amide bonds. The largest absolute Gasteiger partial charge is 0.466 e. The van der Waals surface area contributed by atoms with Crippen LogP contribution in [0.15, 0.2) is 0 Å². The van der Waals surface area contributed by atoms with E-state index in [0.717, 1.165) is 32.5 Å². The highest BCUT2D eigenvalue weighted by Crippen LogP contribution is 2.33. The first-order valence-corrected chi connectivity index (χ1v) is 7.71. The number of hydrogen-bond acceptors (Lipinski definition) is 5. The van der Waals surface area contributed by atoms with Crippen LogP contribution >= 0.6 is 0 Å². The van der Waals surface area contributed by atoms with Crippen LogP contribution in [0.2, 0.25) is 0 Å². The minimum absolute atomic E-state index is 0.0321. The summed E-state index contributed by atoms with van der Waals surface area (Å²) in [6, 6.07) is 0.418. The summed E-state index contributed by atoms with van der Waals surface area (Å²) in [4.78, 5) is 13.9. The molecule has 1 atom stereocenters. The number of esters is 1. The molecule has 1 aliphatic carbocycles. The van der Waals surface area contributed by atoms with Crippen LogP contribution in [0.4, 0.5) is 0 Å². The van der Waals surface area contributed by atoms with Crippen molar-refractivity contribution in [3.63, 3.8) is 0 Å². The van der Waals surface area contributed by atoms with Crippen molar-refractivity contribution in [3.05, 3.63) is 0 Å². The van der Waals surface area contributed by atoms with Gasteiger partial charge in [0, 0.05) is 19.2 Å². The van der Waals surface area contributed by atoms with Crippen molar-refractivity contribution in [2.75, 3.05) is 33.4 Å². The first-order valence-electron chi connectivity index (χ1n) is 7.71. The van der Waals surface area contributed by atoms with E-state index in [4.69, 9.17) is 9.47 Å². The van der Waals surface area contributed by atoms with Crippen molar-refractivity contribution in [1.82, 2.24) is 4.90 Å². The van der Waals surface area contributed by atoms with Gasteiger partial charge in [0.05, 0.1) is 24.7 Å². The highest BCUT2D eigenvalue weighted by molar-refractivity contribution is 5.72. The Labute approximate surface area is 121 Å². The molecule has 1 unspecified atom stereocenters. The minimum atomic E-state index is -0.666. The normalized spacial score (nSPS) is 34.4. The lowest BCUT2D eigenvalue weighted by Gasteiger charge is -2.39. The molecule has 116 valence electrons. The van der Waals surface area contributed by atoms with E-state index in [9.17, 15) is 9.90 Å². The quantitative estimate of drug-likeness (QED) is 0.769. The summed E-state index contributed by atoms with van der Waals surface area (Å²) >= 11 is 0. The van der Waals surface area contributed by atoms with Gasteiger partial charge in [-0.05, 0) is 46.1 Å². The van der Waals surface area contributed by atoms with Gasteiger partial charge in [-0.1, -0.05) is 0 Å². The minimum Gasteiger partial charge on any atom is -0.466 e. The fourth-order valence-corrected chi connectivity index (χ4v) is 3.27. The van der Waals surface area contributed by atoms with Gasteiger partial charge >= 0.3 is 5.97 Å². The van der Waals surface area contributed by atoms with Gasteiger partial charge in [-0.2, -0.15) is 0 Å². The van der Waals surface area contributed by atoms with Gasteiger partial charge < -0.3 is 14.6 Å². The highest BCUT2D eigenvalue weighted by Gasteiger charge is 2.38. The molecule has 1 saturated heterocycles. The van der Waals surface area contributed by atoms with Crippen molar-refractivity contribution < 1.29 is 19.4 Å². The predicted molar refractivity (Wildman–Crippen MR) is 75.4 cm³/mol. The van der Waals surface area contributed by atoms with Crippen LogP contribution in [0.25, 0.3) is 0 Å². The SMILES string of the molecule is CCOC(=O)C1CCC(O)(CN(C)C2CCOC2)CC1. The molecular formula is C15H27NO4. The standard InChI is InChI=1S/C15H27NO4/c1-3-20-14(17)12-4-7-15(18,8-5-12)11-16(2)13-6-9-19-10-13/h12-13,18H,3-11H2,1-2H3. The number of ether oxygens (including phenoxy) is 2. The Hall–Kier alpha value is -0.650. The zero-order valence-electron chi connectivity index (χ0n) is 12.6. The molecule has 0 aromatic carbocycles. The van der Waals surface area contributed by atoms with E-state index in [1.165, 1.54) is 0 Å². The van der Waals surface area contributed by atoms with E-state index in [1.54, 1.807) is 0 Å². The second-order valence-electron chi connectivity index (χ2n) is 6.18. The van der Waals surface area contributed by atoms with E-state index >= 15 is 0 Å². The molecule has 0 radical (unpaired) electrons. The van der Waals surface area contributed by atoms with E-state index in [0.29, 0.717) is 32.0 Å². The van der Waals surface area contributed by atoms with Crippen molar-refractivity contribution in [2.24, 2.45) is 5.92 Å². The average Bonchev–Trinajstić information content (AvgIpc) is 2.93. The molecular weight excluding hydrogens is 258 g/mol. The first kappa shape index (κ1) is 15.7. The van der Waals surface area contributed by atoms with Crippen LogP contribution in [-0.2, 0) is 14.3 Å². The monoisotopic (exact) mass is 285 g/mol. The number of hydrogen-bond donors (Lipinski definition) is 1. The third-order valence-corrected chi connectivity index (χ3v) is 4.61. The number of carbonyl (C=O) groups is 1. The lowest BCUT2D eigenvalue weighted by molar-refractivity contribution is -0.151. The van der Waals surface area contributed by atoms with Crippen LogP contribution in [0.5, 0.6) is 0 Å². The third-order valence-electron chi connectivity index (χ3n) is 4.61. The van der Waals surface area contributed by atoms with Crippen LogP contribution in [0, 0.1) is 5.92 Å². The van der Waals surface area contributed by atoms with E-state index in [2.05, 4.69) is 11.9 Å². The number of likely N-dealkylation sites (N-methyl/N-ethyl adjacent to an activating group) is 1. The molecule has 0 spiro atoms. The Bertz CT molecular complexity index is 320. The Morgan fingerprint density at radius 3 is 2.65 bits per heavy atom. The molecule has 1 aliphatic heterocycles. The topological polar surface area (TPSA) is 59.0 Å². The van der Waals surface area contributed by atoms with Crippen LogP contribution in [0.1, 0.15) is 39.0 Å². The summed E-state index contributed by atoms with van der Waals surface area (Å²) in [6.45, 7) is 4.51. The van der Waals surface area contributed by atoms with E-state index < -0.39 is 5.60 Å². The highest BCUT2D eigenvalue weighted by atomic mass is 16.5. The third kappa shape index (κ3) is 3.93. The van der Waals surface area contributed by atoms with Crippen molar-refractivity contribution in [3.8, 4) is 0 Å². The van der Waals surface area contributed by atoms with Gasteiger partial charge in [0.15, 0.2) is 0 Å². The van der Waals surface area contributed by atoms with Crippen molar-refractivity contribution in [1.29, 1.82) is 0 Å². The van der Waals surface area contributed by atoms with Gasteiger partial charge in [-0.15, -0.1) is 0 Å². The summed E-state index contributed by atoms with van der Waals surface area (Å²) in [5.74, 6) is -0.137. The second kappa shape index (κ2) is 6.87. The summed E-state index contributed by atoms with van der Waals surface area (Å²) < 4.78 is 10.5. The zero-order valence-corrected chi connectivity index (χ0v) is 12.6. The predicted octanol–water partition coefficient (Wildman–Crippen LogP) is 1.19. The Balaban J connectivity index is 1.80. The molecule has 2 rings (SSSR count). The molecule has 20 heavy (non-hydrogen) atoms. The molecule has 1 N–H and O–H groups in total. The lowest BCUT2D eigenvalue weighted by atomic mass is 9.78. The van der Waals surface area contributed by atoms with Crippen LogP contribution in [0.3, 0.4) is 0 Å². The maximum absolute atomic E-state index is 11.7. The van der Waals surface area contributed by atoms with Gasteiger partial charge in [-0.25, -0.2) is 0 Å². The molecule has 0 aromatic heterocycles. The molecule has 1 heterocycles. The molecule has 0 bridgehead atoms. The molecule has 2 fully saturated rings. The molecule has 0 aromatic rings. The van der Waals surface area contributed by atoms with Crippen LogP contribution in [-0.4, -0.2) is 61.0 Å². The Morgan fingerprint density at radius 2 is 2.10 bits per heavy atom. The molecule has 1 saturated carbocycles. The van der Waals surface area contributed by atoms with Gasteiger partial charge in [0.25, 0.3) is 0 Å². The van der Waals surface area contributed by atoms with Crippen molar-refractivity contribution in [2.45, 2.75) is 50.7 Å². The lowest BCUT2D eigenvalue weighted by Crippen LogP contribution is -2.48. The maximum Gasteiger partial charge on any atom is 0.308 e. The van der Waals surface area contributed by atoms with E-state index in [-0.39, 0.29) is 11.9 Å². The Kier molecular flexibility index (Phi) is 5.41. The smallest absolute Gasteiger partial charge is 0.308 e. The summed E-state index contributed by atoms with van der Waals surface area (Å²) in [5, 5.41) is 10.7. The van der Waals surface area contributed by atoms with E-state index in [1.807, 2.05) is 6.92 Å². The zero-order chi connectivity index (χ0) is 14.6. The number of nitrogens with zero attached hydrogens (tertiary/aromatic N) is 1. The summed E-state index contributed by atoms with van der Waals surface area (Å²) in [5.41, 5.74) is -0.666. The maximum atomic E-state index is 11.7.